The average molecular weight is 691 g/mol. The summed E-state index contributed by atoms with van der Waals surface area (Å²) in [6.07, 6.45) is 13.3. The molecule has 2 aliphatic heterocycles. The molecule has 2 bridgehead atoms. The van der Waals surface area contributed by atoms with Crippen LogP contribution in [0, 0.1) is 34.0 Å². The molecule has 1 saturated heterocycles. The van der Waals surface area contributed by atoms with E-state index in [1.165, 1.54) is 18.6 Å². The van der Waals surface area contributed by atoms with E-state index in [9.17, 15) is 24.9 Å². The van der Waals surface area contributed by atoms with Crippen molar-refractivity contribution in [2.75, 3.05) is 6.61 Å². The molecule has 4 fully saturated rings. The van der Waals surface area contributed by atoms with Gasteiger partial charge in [0.1, 0.15) is 6.61 Å². The van der Waals surface area contributed by atoms with E-state index in [2.05, 4.69) is 49.0 Å². The van der Waals surface area contributed by atoms with Gasteiger partial charge in [-0.2, -0.15) is 0 Å². The number of carbonyl (C=O) groups is 2. The molecule has 0 radical (unpaired) electrons. The van der Waals surface area contributed by atoms with Gasteiger partial charge in [0, 0.05) is 36.8 Å². The van der Waals surface area contributed by atoms with E-state index in [1.54, 1.807) is 0 Å². The molecule has 9 heteroatoms. The Balaban J connectivity index is 1.34. The second-order valence-electron chi connectivity index (χ2n) is 17.4. The molecule has 11 atom stereocenters. The highest BCUT2D eigenvalue weighted by molar-refractivity contribution is 5.85. The van der Waals surface area contributed by atoms with Crippen molar-refractivity contribution < 1.29 is 34.4 Å². The zero-order chi connectivity index (χ0) is 35.6. The van der Waals surface area contributed by atoms with Crippen LogP contribution in [-0.4, -0.2) is 62.9 Å². The van der Waals surface area contributed by atoms with Gasteiger partial charge in [0.05, 0.1) is 22.7 Å². The summed E-state index contributed by atoms with van der Waals surface area (Å²) < 4.78 is 11.8. The van der Waals surface area contributed by atoms with Crippen molar-refractivity contribution in [3.05, 3.63) is 59.7 Å². The van der Waals surface area contributed by atoms with E-state index in [1.807, 2.05) is 25.1 Å². The first-order valence-electron chi connectivity index (χ1n) is 19.2. The largest absolute Gasteiger partial charge is 0.458 e. The summed E-state index contributed by atoms with van der Waals surface area (Å²) in [6.45, 7) is 8.07. The average Bonchev–Trinajstić information content (AvgIpc) is 3.71. The van der Waals surface area contributed by atoms with Crippen LogP contribution in [0.1, 0.15) is 110 Å². The summed E-state index contributed by atoms with van der Waals surface area (Å²) in [5, 5.41) is 40.1. The van der Waals surface area contributed by atoms with Gasteiger partial charge in [-0.3, -0.25) is 10.2 Å². The highest BCUT2D eigenvalue weighted by atomic mass is 16.6. The van der Waals surface area contributed by atoms with E-state index < -0.39 is 51.2 Å². The van der Waals surface area contributed by atoms with Crippen LogP contribution in [0.5, 0.6) is 0 Å². The first-order valence-corrected chi connectivity index (χ1v) is 19.2. The highest BCUT2D eigenvalue weighted by Crippen LogP contribution is 2.77. The lowest BCUT2D eigenvalue weighted by atomic mass is 9.30. The Morgan fingerprint density at radius 3 is 2.56 bits per heavy atom. The number of benzene rings is 1. The second kappa shape index (κ2) is 12.8. The summed E-state index contributed by atoms with van der Waals surface area (Å²) in [5.41, 5.74) is 1.73. The highest BCUT2D eigenvalue weighted by Gasteiger charge is 2.85. The maximum absolute atomic E-state index is 13.8. The number of aliphatic hydroxyl groups is 3. The molecule has 274 valence electrons. The van der Waals surface area contributed by atoms with Crippen molar-refractivity contribution in [3.8, 4) is 0 Å². The van der Waals surface area contributed by atoms with Crippen LogP contribution in [0.25, 0.3) is 0 Å². The van der Waals surface area contributed by atoms with Crippen molar-refractivity contribution in [1.29, 1.82) is 0 Å². The SMILES string of the molecule is CC(=O)OC12CC3(C)C=CC(O)(CCC(C)CCCc4ccccc4)C4(C(O)CCC(C)(C5CCCC5NN1)C24)C3(O)CCC1=CC(=O)OC1. The minimum atomic E-state index is -1.62. The van der Waals surface area contributed by atoms with E-state index >= 15 is 0 Å². The van der Waals surface area contributed by atoms with E-state index in [-0.39, 0.29) is 37.4 Å². The predicted molar refractivity (Wildman–Crippen MR) is 189 cm³/mol. The molecule has 0 amide bonds. The van der Waals surface area contributed by atoms with Crippen LogP contribution in [0.3, 0.4) is 0 Å². The number of aliphatic hydroxyl groups excluding tert-OH is 1. The van der Waals surface area contributed by atoms with Crippen LogP contribution in [0.15, 0.2) is 54.1 Å². The lowest BCUT2D eigenvalue weighted by molar-refractivity contribution is -0.383. The zero-order valence-corrected chi connectivity index (χ0v) is 30.4. The third kappa shape index (κ3) is 5.36. The van der Waals surface area contributed by atoms with Crippen LogP contribution in [0.2, 0.25) is 0 Å². The Labute approximate surface area is 297 Å². The van der Waals surface area contributed by atoms with E-state index in [0.717, 1.165) is 44.1 Å². The molecular weight excluding hydrogens is 632 g/mol. The summed E-state index contributed by atoms with van der Waals surface area (Å²) in [6, 6.07) is 10.6. The van der Waals surface area contributed by atoms with Crippen LogP contribution >= 0.6 is 0 Å². The quantitative estimate of drug-likeness (QED) is 0.152. The van der Waals surface area contributed by atoms with Gasteiger partial charge in [0.25, 0.3) is 0 Å². The number of hydrogen-bond acceptors (Lipinski definition) is 9. The molecule has 50 heavy (non-hydrogen) atoms. The van der Waals surface area contributed by atoms with Crippen molar-refractivity contribution in [3.63, 3.8) is 0 Å². The van der Waals surface area contributed by atoms with Gasteiger partial charge < -0.3 is 24.8 Å². The Kier molecular flexibility index (Phi) is 9.20. The molecule has 7 rings (SSSR count). The minimum absolute atomic E-state index is 0.128. The topological polar surface area (TPSA) is 137 Å². The monoisotopic (exact) mass is 690 g/mol. The predicted octanol–water partition coefficient (Wildman–Crippen LogP) is 5.43. The molecule has 1 aromatic rings. The molecule has 9 nitrogen and oxygen atoms in total. The Morgan fingerprint density at radius 1 is 1.06 bits per heavy atom. The van der Waals surface area contributed by atoms with E-state index in [4.69, 9.17) is 9.47 Å². The molecule has 1 spiro atoms. The van der Waals surface area contributed by atoms with Crippen LogP contribution < -0.4 is 10.9 Å². The van der Waals surface area contributed by atoms with Gasteiger partial charge in [-0.05, 0) is 92.6 Å². The first-order chi connectivity index (χ1) is 23.7. The Morgan fingerprint density at radius 2 is 1.84 bits per heavy atom. The Hall–Kier alpha value is -2.56. The standard InChI is InChI=1S/C41H58N2O7/c1-27(10-8-13-29-11-6-5-7-12-29)16-20-38(47)23-22-36(3)26-39(50-28(2)44)35-37(4,31-14-9-15-32(31)42-43-39)19-18-33(45)41(35,38)40(36,48)21-17-30-24-34(46)49-25-30/h5-7,11-12,22-24,27,31-33,35,42-43,45,47-48H,8-10,13-21,25-26H2,1-4H3. The summed E-state index contributed by atoms with van der Waals surface area (Å²) in [5.74, 6) is -0.979. The van der Waals surface area contributed by atoms with Gasteiger partial charge in [-0.1, -0.05) is 76.1 Å². The third-order valence-corrected chi connectivity index (χ3v) is 14.5. The number of rotatable bonds is 11. The maximum Gasteiger partial charge on any atom is 0.331 e. The number of hydrogen-bond donors (Lipinski definition) is 5. The van der Waals surface area contributed by atoms with E-state index in [0.29, 0.717) is 38.0 Å². The lowest BCUT2D eigenvalue weighted by Gasteiger charge is -2.77. The van der Waals surface area contributed by atoms with Crippen molar-refractivity contribution in [2.24, 2.45) is 34.0 Å². The number of aryl methyl sites for hydroxylation is 1. The van der Waals surface area contributed by atoms with Crippen LogP contribution in [-0.2, 0) is 25.5 Å². The molecule has 6 aliphatic rings. The molecule has 3 saturated carbocycles. The van der Waals surface area contributed by atoms with Gasteiger partial charge in [-0.15, -0.1) is 0 Å². The molecule has 4 aliphatic carbocycles. The molecule has 1 aromatic carbocycles. The fourth-order valence-electron chi connectivity index (χ4n) is 12.4. The zero-order valence-electron chi connectivity index (χ0n) is 30.4. The number of esters is 2. The number of fused-ring (bicyclic) bond motifs is 3. The van der Waals surface area contributed by atoms with Gasteiger partial charge in [-0.25, -0.2) is 10.2 Å². The molecular formula is C41H58N2O7. The third-order valence-electron chi connectivity index (χ3n) is 14.5. The first kappa shape index (κ1) is 35.8. The minimum Gasteiger partial charge on any atom is -0.458 e. The molecule has 2 heterocycles. The number of carbonyl (C=O) groups excluding carboxylic acids is 2. The van der Waals surface area contributed by atoms with Gasteiger partial charge in [0.2, 0.25) is 0 Å². The fourth-order valence-corrected chi connectivity index (χ4v) is 12.4. The fraction of sp³-hybridized carbons (Fsp3) is 0.707. The summed E-state index contributed by atoms with van der Waals surface area (Å²) >= 11 is 0. The number of hydrazine groups is 1. The number of nitrogens with one attached hydrogen (secondary N) is 2. The number of cyclic esters (lactones) is 1. The van der Waals surface area contributed by atoms with Crippen molar-refractivity contribution >= 4 is 11.9 Å². The summed E-state index contributed by atoms with van der Waals surface area (Å²) in [7, 11) is 0. The smallest absolute Gasteiger partial charge is 0.331 e. The summed E-state index contributed by atoms with van der Waals surface area (Å²) in [4.78, 5) is 25.2. The normalized spacial score (nSPS) is 43.7. The maximum atomic E-state index is 13.8. The Bertz CT molecular complexity index is 1530. The van der Waals surface area contributed by atoms with Crippen molar-refractivity contribution in [2.45, 2.75) is 140 Å². The lowest BCUT2D eigenvalue weighted by Crippen LogP contribution is -2.87. The molecule has 11 unspecified atom stereocenters. The van der Waals surface area contributed by atoms with Gasteiger partial charge >= 0.3 is 11.9 Å². The van der Waals surface area contributed by atoms with Crippen LogP contribution in [0.4, 0.5) is 0 Å². The van der Waals surface area contributed by atoms with Crippen molar-refractivity contribution in [1.82, 2.24) is 10.9 Å². The number of ether oxygens (including phenoxy) is 2. The molecule has 5 N–H and O–H groups in total. The second-order valence-corrected chi connectivity index (χ2v) is 17.4. The molecule has 0 aromatic heterocycles. The van der Waals surface area contributed by atoms with Gasteiger partial charge in [0.15, 0.2) is 5.72 Å².